The lowest BCUT2D eigenvalue weighted by Crippen LogP contribution is -2.50. The first-order valence-electron chi connectivity index (χ1n) is 5.89. The fourth-order valence-corrected chi connectivity index (χ4v) is 2.69. The minimum atomic E-state index is -0.258. The Morgan fingerprint density at radius 1 is 1.44 bits per heavy atom. The largest absolute Gasteiger partial charge is 0.446 e. The molecule has 1 heterocycles. The highest BCUT2D eigenvalue weighted by molar-refractivity contribution is 5.85. The van der Waals surface area contributed by atoms with Crippen LogP contribution in [0.15, 0.2) is 0 Å². The van der Waals surface area contributed by atoms with E-state index in [0.717, 1.165) is 25.9 Å². The van der Waals surface area contributed by atoms with Crippen molar-refractivity contribution in [2.45, 2.75) is 38.7 Å². The number of carbonyl (C=O) groups excluding carboxylic acids is 1. The first kappa shape index (κ1) is 13.6. The molecule has 1 saturated heterocycles. The summed E-state index contributed by atoms with van der Waals surface area (Å²) in [5.74, 6) is 0. The zero-order chi connectivity index (χ0) is 10.7. The fraction of sp³-hybridized carbons (Fsp3) is 0.909. The highest BCUT2D eigenvalue weighted by atomic mass is 35.5. The van der Waals surface area contributed by atoms with Crippen molar-refractivity contribution in [2.75, 3.05) is 19.6 Å². The first-order chi connectivity index (χ1) is 7.24. The van der Waals surface area contributed by atoms with Gasteiger partial charge in [0.2, 0.25) is 0 Å². The number of piperidine rings is 1. The van der Waals surface area contributed by atoms with Gasteiger partial charge in [-0.05, 0) is 51.1 Å². The van der Waals surface area contributed by atoms with Crippen molar-refractivity contribution in [3.63, 3.8) is 0 Å². The molecule has 0 aromatic heterocycles. The van der Waals surface area contributed by atoms with Crippen LogP contribution in [0.1, 0.15) is 32.6 Å². The molecule has 2 rings (SSSR count). The molecular formula is C11H21ClN2O2. The topological polar surface area (TPSA) is 50.4 Å². The molecule has 16 heavy (non-hydrogen) atoms. The molecule has 94 valence electrons. The summed E-state index contributed by atoms with van der Waals surface area (Å²) in [4.78, 5) is 11.2. The van der Waals surface area contributed by atoms with Gasteiger partial charge in [0, 0.05) is 6.54 Å². The number of nitrogens with one attached hydrogen (secondary N) is 2. The monoisotopic (exact) mass is 248 g/mol. The van der Waals surface area contributed by atoms with Gasteiger partial charge in [-0.3, -0.25) is 0 Å². The normalized spacial score (nSPS) is 23.1. The Labute approximate surface area is 103 Å². The minimum absolute atomic E-state index is 0. The van der Waals surface area contributed by atoms with E-state index < -0.39 is 0 Å². The zero-order valence-electron chi connectivity index (χ0n) is 9.75. The molecule has 5 heteroatoms. The maximum Gasteiger partial charge on any atom is 0.407 e. The number of rotatable bonds is 2. The Kier molecular flexibility index (Phi) is 4.87. The number of alkyl carbamates (subject to hydrolysis) is 1. The fourth-order valence-electron chi connectivity index (χ4n) is 2.69. The molecule has 0 atom stereocenters. The molecule has 1 saturated carbocycles. The highest BCUT2D eigenvalue weighted by Crippen LogP contribution is 2.49. The van der Waals surface area contributed by atoms with E-state index >= 15 is 0 Å². The van der Waals surface area contributed by atoms with Crippen molar-refractivity contribution in [3.8, 4) is 0 Å². The van der Waals surface area contributed by atoms with Gasteiger partial charge in [0.1, 0.15) is 6.10 Å². The summed E-state index contributed by atoms with van der Waals surface area (Å²) in [6, 6.07) is 0. The van der Waals surface area contributed by atoms with Gasteiger partial charge in [-0.1, -0.05) is 0 Å². The van der Waals surface area contributed by atoms with E-state index in [1.807, 2.05) is 6.92 Å². The van der Waals surface area contributed by atoms with Crippen molar-refractivity contribution < 1.29 is 9.53 Å². The molecular weight excluding hydrogens is 228 g/mol. The average Bonchev–Trinajstić information content (AvgIpc) is 2.17. The second-order valence-electron chi connectivity index (χ2n) is 4.72. The summed E-state index contributed by atoms with van der Waals surface area (Å²) in [7, 11) is 0. The molecule has 4 nitrogen and oxygen atoms in total. The summed E-state index contributed by atoms with van der Waals surface area (Å²) >= 11 is 0. The van der Waals surface area contributed by atoms with Crippen molar-refractivity contribution >= 4 is 18.5 Å². The van der Waals surface area contributed by atoms with Crippen LogP contribution < -0.4 is 10.6 Å². The second kappa shape index (κ2) is 5.73. The summed E-state index contributed by atoms with van der Waals surface area (Å²) in [5, 5.41) is 6.03. The van der Waals surface area contributed by atoms with Gasteiger partial charge in [0.15, 0.2) is 0 Å². The number of hydrogen-bond donors (Lipinski definition) is 2. The number of halogens is 1. The third-order valence-corrected chi connectivity index (χ3v) is 3.58. The van der Waals surface area contributed by atoms with Crippen LogP contribution in [0, 0.1) is 5.41 Å². The molecule has 1 amide bonds. The van der Waals surface area contributed by atoms with Crippen LogP contribution in [0.25, 0.3) is 0 Å². The van der Waals surface area contributed by atoms with Crippen LogP contribution in [0.2, 0.25) is 0 Å². The zero-order valence-corrected chi connectivity index (χ0v) is 10.6. The lowest BCUT2D eigenvalue weighted by Gasteiger charge is -2.49. The van der Waals surface area contributed by atoms with Gasteiger partial charge < -0.3 is 15.4 Å². The lowest BCUT2D eigenvalue weighted by molar-refractivity contribution is -0.0574. The van der Waals surface area contributed by atoms with Crippen LogP contribution in [-0.2, 0) is 4.74 Å². The standard InChI is InChI=1S/C11H20N2O2.ClH/c1-2-13-10(14)15-9-7-11(8-9)3-5-12-6-4-11;/h9,12H,2-8H2,1H3,(H,13,14);1H. The molecule has 0 aromatic rings. The van der Waals surface area contributed by atoms with Gasteiger partial charge >= 0.3 is 6.09 Å². The van der Waals surface area contributed by atoms with Crippen molar-refractivity contribution in [3.05, 3.63) is 0 Å². The van der Waals surface area contributed by atoms with E-state index in [1.165, 1.54) is 12.8 Å². The molecule has 0 radical (unpaired) electrons. The first-order valence-corrected chi connectivity index (χ1v) is 5.89. The Morgan fingerprint density at radius 3 is 2.62 bits per heavy atom. The van der Waals surface area contributed by atoms with Crippen LogP contribution in [0.4, 0.5) is 4.79 Å². The molecule has 0 bridgehead atoms. The Bertz CT molecular complexity index is 234. The van der Waals surface area contributed by atoms with E-state index in [9.17, 15) is 4.79 Å². The van der Waals surface area contributed by atoms with Crippen LogP contribution in [0.3, 0.4) is 0 Å². The van der Waals surface area contributed by atoms with Crippen molar-refractivity contribution in [1.82, 2.24) is 10.6 Å². The predicted molar refractivity (Wildman–Crippen MR) is 65.0 cm³/mol. The molecule has 0 aromatic carbocycles. The van der Waals surface area contributed by atoms with Crippen molar-refractivity contribution in [1.29, 1.82) is 0 Å². The minimum Gasteiger partial charge on any atom is -0.446 e. The van der Waals surface area contributed by atoms with Crippen molar-refractivity contribution in [2.24, 2.45) is 5.41 Å². The third-order valence-electron chi connectivity index (χ3n) is 3.58. The molecule has 0 unspecified atom stereocenters. The van der Waals surface area contributed by atoms with Gasteiger partial charge in [0.25, 0.3) is 0 Å². The van der Waals surface area contributed by atoms with E-state index in [-0.39, 0.29) is 24.6 Å². The SMILES string of the molecule is CCNC(=O)OC1CC2(CCNCC2)C1.Cl. The van der Waals surface area contributed by atoms with Gasteiger partial charge in [-0.25, -0.2) is 4.79 Å². The lowest BCUT2D eigenvalue weighted by atomic mass is 9.62. The van der Waals surface area contributed by atoms with E-state index in [0.29, 0.717) is 12.0 Å². The number of carbonyl (C=O) groups is 1. The molecule has 2 aliphatic rings. The van der Waals surface area contributed by atoms with E-state index in [1.54, 1.807) is 0 Å². The average molecular weight is 249 g/mol. The highest BCUT2D eigenvalue weighted by Gasteiger charge is 2.46. The summed E-state index contributed by atoms with van der Waals surface area (Å²) in [5.41, 5.74) is 0.489. The van der Waals surface area contributed by atoms with Crippen LogP contribution in [-0.4, -0.2) is 31.8 Å². The maximum atomic E-state index is 11.2. The third kappa shape index (κ3) is 3.01. The Morgan fingerprint density at radius 2 is 2.06 bits per heavy atom. The number of ether oxygens (including phenoxy) is 1. The van der Waals surface area contributed by atoms with Crippen LogP contribution in [0.5, 0.6) is 0 Å². The summed E-state index contributed by atoms with van der Waals surface area (Å²) in [6.45, 7) is 4.78. The maximum absolute atomic E-state index is 11.2. The molecule has 2 fully saturated rings. The van der Waals surface area contributed by atoms with E-state index in [4.69, 9.17) is 4.74 Å². The van der Waals surface area contributed by atoms with Gasteiger partial charge in [-0.15, -0.1) is 12.4 Å². The number of hydrogen-bond acceptors (Lipinski definition) is 3. The Hall–Kier alpha value is -0.480. The number of amides is 1. The molecule has 1 aliphatic heterocycles. The summed E-state index contributed by atoms with van der Waals surface area (Å²) < 4.78 is 5.28. The smallest absolute Gasteiger partial charge is 0.407 e. The van der Waals surface area contributed by atoms with E-state index in [2.05, 4.69) is 10.6 Å². The molecule has 2 N–H and O–H groups in total. The quantitative estimate of drug-likeness (QED) is 0.782. The van der Waals surface area contributed by atoms with Gasteiger partial charge in [-0.2, -0.15) is 0 Å². The predicted octanol–water partition coefficient (Wildman–Crippen LogP) is 1.69. The molecule has 1 aliphatic carbocycles. The Balaban J connectivity index is 0.00000128. The van der Waals surface area contributed by atoms with Gasteiger partial charge in [0.05, 0.1) is 0 Å². The van der Waals surface area contributed by atoms with Crippen LogP contribution >= 0.6 is 12.4 Å². The summed E-state index contributed by atoms with van der Waals surface area (Å²) in [6.07, 6.45) is 4.50. The second-order valence-corrected chi connectivity index (χ2v) is 4.72. The molecule has 1 spiro atoms.